The Hall–Kier alpha value is -1.20. The van der Waals surface area contributed by atoms with E-state index in [1.54, 1.807) is 0 Å². The van der Waals surface area contributed by atoms with E-state index < -0.39 is 11.6 Å². The predicted octanol–water partition coefficient (Wildman–Crippen LogP) is 1.78. The molecule has 1 amide bonds. The lowest BCUT2D eigenvalue weighted by Gasteiger charge is -2.05. The van der Waals surface area contributed by atoms with E-state index in [9.17, 15) is 13.6 Å². The van der Waals surface area contributed by atoms with Crippen LogP contribution in [0.15, 0.2) is 18.2 Å². The second kappa shape index (κ2) is 8.83. The highest BCUT2D eigenvalue weighted by atomic mass is 35.5. The van der Waals surface area contributed by atoms with Crippen molar-refractivity contribution < 1.29 is 13.6 Å². The van der Waals surface area contributed by atoms with E-state index in [1.807, 2.05) is 0 Å². The molecule has 0 saturated carbocycles. The molecule has 1 aromatic rings. The van der Waals surface area contributed by atoms with E-state index in [1.165, 1.54) is 0 Å². The average molecular weight is 279 g/mol. The van der Waals surface area contributed by atoms with Crippen molar-refractivity contribution in [1.82, 2.24) is 5.32 Å². The average Bonchev–Trinajstić information content (AvgIpc) is 2.29. The van der Waals surface area contributed by atoms with Crippen LogP contribution in [0.3, 0.4) is 0 Å². The summed E-state index contributed by atoms with van der Waals surface area (Å²) in [6, 6.07) is 3.08. The largest absolute Gasteiger partial charge is 0.356 e. The fourth-order valence-electron chi connectivity index (χ4n) is 1.41. The number of carbonyl (C=O) groups is 1. The summed E-state index contributed by atoms with van der Waals surface area (Å²) in [6.07, 6.45) is 1.47. The van der Waals surface area contributed by atoms with E-state index in [4.69, 9.17) is 5.73 Å². The molecule has 3 N–H and O–H groups in total. The van der Waals surface area contributed by atoms with Crippen molar-refractivity contribution in [3.05, 3.63) is 35.4 Å². The van der Waals surface area contributed by atoms with Gasteiger partial charge in [-0.05, 0) is 37.6 Å². The number of amides is 1. The molecule has 0 spiro atoms. The first kappa shape index (κ1) is 16.8. The quantitative estimate of drug-likeness (QED) is 0.780. The van der Waals surface area contributed by atoms with Crippen molar-refractivity contribution in [3.63, 3.8) is 0 Å². The Labute approximate surface area is 111 Å². The summed E-state index contributed by atoms with van der Waals surface area (Å²) in [6.45, 7) is 1.08. The van der Waals surface area contributed by atoms with Crippen molar-refractivity contribution in [2.75, 3.05) is 13.1 Å². The minimum Gasteiger partial charge on any atom is -0.356 e. The van der Waals surface area contributed by atoms with E-state index in [0.29, 0.717) is 13.1 Å². The fraction of sp³-hybridized carbons (Fsp3) is 0.417. The van der Waals surface area contributed by atoms with Crippen molar-refractivity contribution in [2.45, 2.75) is 19.3 Å². The minimum absolute atomic E-state index is 0. The van der Waals surface area contributed by atoms with Crippen LogP contribution >= 0.6 is 12.4 Å². The van der Waals surface area contributed by atoms with Crippen LogP contribution in [-0.2, 0) is 11.2 Å². The van der Waals surface area contributed by atoms with Crippen molar-refractivity contribution in [1.29, 1.82) is 0 Å². The van der Waals surface area contributed by atoms with Crippen molar-refractivity contribution in [2.24, 2.45) is 5.73 Å². The zero-order valence-corrected chi connectivity index (χ0v) is 10.7. The van der Waals surface area contributed by atoms with E-state index in [0.717, 1.165) is 31.0 Å². The van der Waals surface area contributed by atoms with Crippen molar-refractivity contribution >= 4 is 18.3 Å². The van der Waals surface area contributed by atoms with Gasteiger partial charge in [-0.3, -0.25) is 4.79 Å². The lowest BCUT2D eigenvalue weighted by atomic mass is 10.1. The highest BCUT2D eigenvalue weighted by Crippen LogP contribution is 2.10. The molecule has 0 aliphatic rings. The second-order valence-electron chi connectivity index (χ2n) is 3.76. The van der Waals surface area contributed by atoms with Gasteiger partial charge in [-0.15, -0.1) is 12.4 Å². The van der Waals surface area contributed by atoms with Crippen LogP contribution in [0, 0.1) is 11.6 Å². The molecule has 0 fully saturated rings. The zero-order chi connectivity index (χ0) is 12.7. The van der Waals surface area contributed by atoms with Gasteiger partial charge in [0.25, 0.3) is 0 Å². The molecule has 0 aliphatic carbocycles. The van der Waals surface area contributed by atoms with Gasteiger partial charge < -0.3 is 11.1 Å². The molecule has 0 unspecified atom stereocenters. The molecular weight excluding hydrogens is 262 g/mol. The Balaban J connectivity index is 0.00000289. The summed E-state index contributed by atoms with van der Waals surface area (Å²) < 4.78 is 26.0. The van der Waals surface area contributed by atoms with Crippen LogP contribution in [-0.4, -0.2) is 19.0 Å². The first-order chi connectivity index (χ1) is 8.13. The standard InChI is InChI=1S/C12H16F2N2O.ClH/c13-10-3-4-11(14)9(7-10)8-12(17)16-6-2-1-5-15;/h3-4,7H,1-2,5-6,8,15H2,(H,16,17);1H. The molecule has 0 heterocycles. The van der Waals surface area contributed by atoms with Gasteiger partial charge >= 0.3 is 0 Å². The van der Waals surface area contributed by atoms with Crippen LogP contribution in [0.4, 0.5) is 8.78 Å². The van der Waals surface area contributed by atoms with Gasteiger partial charge in [0.1, 0.15) is 11.6 Å². The molecule has 0 atom stereocenters. The summed E-state index contributed by atoms with van der Waals surface area (Å²) >= 11 is 0. The van der Waals surface area contributed by atoms with Gasteiger partial charge in [0.2, 0.25) is 5.91 Å². The first-order valence-electron chi connectivity index (χ1n) is 5.54. The van der Waals surface area contributed by atoms with E-state index in [2.05, 4.69) is 5.32 Å². The Morgan fingerprint density at radius 3 is 2.67 bits per heavy atom. The lowest BCUT2D eigenvalue weighted by molar-refractivity contribution is -0.120. The molecule has 3 nitrogen and oxygen atoms in total. The van der Waals surface area contributed by atoms with Gasteiger partial charge in [0, 0.05) is 12.1 Å². The van der Waals surface area contributed by atoms with Gasteiger partial charge in [-0.1, -0.05) is 0 Å². The smallest absolute Gasteiger partial charge is 0.224 e. The summed E-state index contributed by atoms with van der Waals surface area (Å²) in [7, 11) is 0. The molecule has 0 aromatic heterocycles. The molecule has 0 radical (unpaired) electrons. The number of unbranched alkanes of at least 4 members (excludes halogenated alkanes) is 1. The summed E-state index contributed by atoms with van der Waals surface area (Å²) in [5.41, 5.74) is 5.37. The van der Waals surface area contributed by atoms with Gasteiger partial charge in [-0.25, -0.2) is 8.78 Å². The molecule has 18 heavy (non-hydrogen) atoms. The van der Waals surface area contributed by atoms with E-state index in [-0.39, 0.29) is 30.3 Å². The Morgan fingerprint density at radius 2 is 2.00 bits per heavy atom. The zero-order valence-electron chi connectivity index (χ0n) is 9.92. The highest BCUT2D eigenvalue weighted by Gasteiger charge is 2.08. The predicted molar refractivity (Wildman–Crippen MR) is 68.6 cm³/mol. The maximum absolute atomic E-state index is 13.2. The number of carbonyl (C=O) groups excluding carboxylic acids is 1. The van der Waals surface area contributed by atoms with Crippen LogP contribution < -0.4 is 11.1 Å². The number of rotatable bonds is 6. The Morgan fingerprint density at radius 1 is 1.28 bits per heavy atom. The number of nitrogens with two attached hydrogens (primary N) is 1. The summed E-state index contributed by atoms with van der Waals surface area (Å²) in [4.78, 5) is 11.4. The lowest BCUT2D eigenvalue weighted by Crippen LogP contribution is -2.26. The monoisotopic (exact) mass is 278 g/mol. The van der Waals surface area contributed by atoms with Crippen LogP contribution in [0.2, 0.25) is 0 Å². The van der Waals surface area contributed by atoms with E-state index >= 15 is 0 Å². The third-order valence-corrected chi connectivity index (χ3v) is 2.31. The third-order valence-electron chi connectivity index (χ3n) is 2.31. The summed E-state index contributed by atoms with van der Waals surface area (Å²) in [5, 5.41) is 2.63. The molecule has 0 saturated heterocycles. The molecule has 1 rings (SSSR count). The number of nitrogens with one attached hydrogen (secondary N) is 1. The van der Waals surface area contributed by atoms with Crippen LogP contribution in [0.5, 0.6) is 0 Å². The van der Waals surface area contributed by atoms with Crippen LogP contribution in [0.25, 0.3) is 0 Å². The number of hydrogen-bond acceptors (Lipinski definition) is 2. The van der Waals surface area contributed by atoms with Crippen LogP contribution in [0.1, 0.15) is 18.4 Å². The summed E-state index contributed by atoms with van der Waals surface area (Å²) in [5.74, 6) is -1.42. The van der Waals surface area contributed by atoms with Gasteiger partial charge in [-0.2, -0.15) is 0 Å². The number of halogens is 3. The minimum atomic E-state index is -0.566. The normalized spacial score (nSPS) is 9.72. The Kier molecular flexibility index (Phi) is 8.24. The first-order valence-corrected chi connectivity index (χ1v) is 5.54. The maximum Gasteiger partial charge on any atom is 0.224 e. The third kappa shape index (κ3) is 5.93. The molecule has 6 heteroatoms. The maximum atomic E-state index is 13.2. The molecule has 0 aliphatic heterocycles. The topological polar surface area (TPSA) is 55.1 Å². The highest BCUT2D eigenvalue weighted by molar-refractivity contribution is 5.85. The second-order valence-corrected chi connectivity index (χ2v) is 3.76. The SMILES string of the molecule is Cl.NCCCCNC(=O)Cc1cc(F)ccc1F. The number of hydrogen-bond donors (Lipinski definition) is 2. The van der Waals surface area contributed by atoms with Crippen molar-refractivity contribution in [3.8, 4) is 0 Å². The Bertz CT molecular complexity index is 388. The van der Waals surface area contributed by atoms with Gasteiger partial charge in [0.05, 0.1) is 6.42 Å². The number of benzene rings is 1. The fourth-order valence-corrected chi connectivity index (χ4v) is 1.41. The molecular formula is C12H17ClF2N2O. The molecule has 0 bridgehead atoms. The van der Waals surface area contributed by atoms with Gasteiger partial charge in [0.15, 0.2) is 0 Å². The molecule has 1 aromatic carbocycles. The molecule has 102 valence electrons.